The SMILES string of the molecule is Cn1c[n+]([C@@H]2O[C@H](COP(=O)(O)OP(=O)(O)O)[C@@H](COCc3ccccc3)[C@H]2O)c2nc(N)[nH]c(=O)c21. The number of hydrogen-bond acceptors (Lipinski definition) is 10. The largest absolute Gasteiger partial charge is 0.481 e. The van der Waals surface area contributed by atoms with Crippen LogP contribution in [-0.4, -0.2) is 59.7 Å². The molecule has 1 fully saturated rings. The summed E-state index contributed by atoms with van der Waals surface area (Å²) in [5.41, 5.74) is 6.29. The highest BCUT2D eigenvalue weighted by atomic mass is 31.3. The molecule has 0 amide bonds. The molecule has 1 aliphatic rings. The van der Waals surface area contributed by atoms with E-state index >= 15 is 0 Å². The summed E-state index contributed by atoms with van der Waals surface area (Å²) in [6.07, 6.45) is -2.09. The molecule has 18 heteroatoms. The number of nitrogen functional groups attached to an aromatic ring is 1. The summed E-state index contributed by atoms with van der Waals surface area (Å²) in [6.45, 7) is -0.587. The lowest BCUT2D eigenvalue weighted by molar-refractivity contribution is -0.745. The number of rotatable bonds is 10. The van der Waals surface area contributed by atoms with E-state index in [0.717, 1.165) is 5.56 Å². The number of imidazole rings is 1. The van der Waals surface area contributed by atoms with Crippen LogP contribution in [0.15, 0.2) is 41.5 Å². The predicted molar refractivity (Wildman–Crippen MR) is 124 cm³/mol. The summed E-state index contributed by atoms with van der Waals surface area (Å²) in [5, 5.41) is 11.2. The Labute approximate surface area is 209 Å². The highest BCUT2D eigenvalue weighted by Crippen LogP contribution is 2.57. The first-order valence-corrected chi connectivity index (χ1v) is 13.8. The second kappa shape index (κ2) is 10.7. The number of ether oxygens (including phenoxy) is 2. The van der Waals surface area contributed by atoms with Crippen molar-refractivity contribution in [3.05, 3.63) is 52.6 Å². The minimum absolute atomic E-state index is 0.0862. The van der Waals surface area contributed by atoms with E-state index in [1.807, 2.05) is 30.3 Å². The van der Waals surface area contributed by atoms with E-state index in [9.17, 15) is 23.9 Å². The maximum absolute atomic E-state index is 12.4. The zero-order valence-corrected chi connectivity index (χ0v) is 21.1. The fraction of sp³-hybridized carbons (Fsp3) is 0.421. The quantitative estimate of drug-likeness (QED) is 0.135. The van der Waals surface area contributed by atoms with Crippen molar-refractivity contribution >= 4 is 32.8 Å². The zero-order chi connectivity index (χ0) is 27.0. The van der Waals surface area contributed by atoms with E-state index in [4.69, 9.17) is 29.5 Å². The molecule has 2 aromatic heterocycles. The number of aromatic nitrogens is 4. The van der Waals surface area contributed by atoms with Gasteiger partial charge in [0, 0.05) is 5.92 Å². The number of aliphatic hydroxyl groups is 1. The van der Waals surface area contributed by atoms with Crippen LogP contribution in [-0.2, 0) is 41.1 Å². The molecule has 3 heterocycles. The third-order valence-corrected chi connectivity index (χ3v) is 7.77. The Hall–Kier alpha value is -2.49. The topological polar surface area (TPSA) is 233 Å². The normalized spacial score (nSPS) is 23.9. The number of phosphoric ester groups is 1. The van der Waals surface area contributed by atoms with Gasteiger partial charge in [-0.1, -0.05) is 35.3 Å². The number of aliphatic hydroxyl groups excluding tert-OH is 1. The second-order valence-electron chi connectivity index (χ2n) is 8.31. The molecule has 0 spiro atoms. The Morgan fingerprint density at radius 1 is 1.22 bits per heavy atom. The van der Waals surface area contributed by atoms with Crippen LogP contribution in [0.3, 0.4) is 0 Å². The number of aryl methyl sites for hydroxylation is 1. The molecule has 1 aromatic carbocycles. The molecule has 3 aromatic rings. The van der Waals surface area contributed by atoms with E-state index in [2.05, 4.69) is 14.3 Å². The van der Waals surface area contributed by atoms with Gasteiger partial charge in [0.1, 0.15) is 6.10 Å². The van der Waals surface area contributed by atoms with Gasteiger partial charge in [-0.2, -0.15) is 4.31 Å². The number of aromatic amines is 1. The number of phosphoric acid groups is 2. The lowest BCUT2D eigenvalue weighted by Gasteiger charge is -2.21. The van der Waals surface area contributed by atoms with Crippen molar-refractivity contribution in [3.63, 3.8) is 0 Å². The van der Waals surface area contributed by atoms with Crippen molar-refractivity contribution in [2.75, 3.05) is 18.9 Å². The van der Waals surface area contributed by atoms with E-state index in [-0.39, 0.29) is 30.3 Å². The Morgan fingerprint density at radius 3 is 2.59 bits per heavy atom. The first kappa shape index (κ1) is 27.5. The molecule has 0 bridgehead atoms. The maximum atomic E-state index is 12.4. The smallest absolute Gasteiger partial charge is 0.386 e. The monoisotopic (exact) mass is 562 g/mol. The zero-order valence-electron chi connectivity index (χ0n) is 19.4. The molecule has 1 aliphatic heterocycles. The summed E-state index contributed by atoms with van der Waals surface area (Å²) in [4.78, 5) is 46.2. The van der Waals surface area contributed by atoms with Crippen LogP contribution in [0.5, 0.6) is 0 Å². The molecule has 0 saturated carbocycles. The van der Waals surface area contributed by atoms with Gasteiger partial charge in [0.15, 0.2) is 6.33 Å². The predicted octanol–water partition coefficient (Wildman–Crippen LogP) is -0.551. The lowest BCUT2D eigenvalue weighted by atomic mass is 9.99. The van der Waals surface area contributed by atoms with Crippen molar-refractivity contribution < 1.29 is 51.8 Å². The Bertz CT molecular complexity index is 1410. The van der Waals surface area contributed by atoms with E-state index in [0.29, 0.717) is 0 Å². The average Bonchev–Trinajstić information content (AvgIpc) is 3.28. The maximum Gasteiger partial charge on any atom is 0.481 e. The van der Waals surface area contributed by atoms with Gasteiger partial charge in [-0.3, -0.25) is 18.9 Å². The van der Waals surface area contributed by atoms with E-state index in [1.165, 1.54) is 15.5 Å². The second-order valence-corrected chi connectivity index (χ2v) is 11.1. The fourth-order valence-corrected chi connectivity index (χ4v) is 5.66. The third-order valence-electron chi connectivity index (χ3n) is 5.62. The highest BCUT2D eigenvalue weighted by Gasteiger charge is 2.49. The van der Waals surface area contributed by atoms with Gasteiger partial charge >= 0.3 is 21.3 Å². The van der Waals surface area contributed by atoms with Gasteiger partial charge in [0.05, 0.1) is 33.0 Å². The molecular formula is C19H26N5O11P2+. The molecule has 202 valence electrons. The van der Waals surface area contributed by atoms with Crippen LogP contribution in [0.4, 0.5) is 5.95 Å². The number of nitrogens with two attached hydrogens (primary N) is 1. The van der Waals surface area contributed by atoms with Gasteiger partial charge in [-0.05, 0) is 5.56 Å². The Balaban J connectivity index is 1.59. The first-order valence-electron chi connectivity index (χ1n) is 10.8. The van der Waals surface area contributed by atoms with Crippen molar-refractivity contribution in [1.82, 2.24) is 14.5 Å². The summed E-state index contributed by atoms with van der Waals surface area (Å²) < 4.78 is 46.0. The Morgan fingerprint density at radius 2 is 1.92 bits per heavy atom. The fourth-order valence-electron chi connectivity index (χ4n) is 4.06. The number of nitrogens with zero attached hydrogens (tertiary/aromatic N) is 3. The molecule has 4 rings (SSSR count). The molecule has 7 N–H and O–H groups in total. The molecule has 37 heavy (non-hydrogen) atoms. The van der Waals surface area contributed by atoms with Crippen LogP contribution in [0.2, 0.25) is 0 Å². The van der Waals surface area contributed by atoms with Crippen LogP contribution < -0.4 is 15.9 Å². The third kappa shape index (κ3) is 6.51. The van der Waals surface area contributed by atoms with Crippen LogP contribution in [0.1, 0.15) is 11.8 Å². The molecule has 0 radical (unpaired) electrons. The first-order chi connectivity index (χ1) is 17.3. The summed E-state index contributed by atoms with van der Waals surface area (Å²) in [6, 6.07) is 9.18. The summed E-state index contributed by atoms with van der Waals surface area (Å²) >= 11 is 0. The molecule has 1 saturated heterocycles. The van der Waals surface area contributed by atoms with Crippen molar-refractivity contribution in [1.29, 1.82) is 0 Å². The number of H-pyrrole nitrogens is 1. The van der Waals surface area contributed by atoms with Crippen molar-refractivity contribution in [2.45, 2.75) is 25.0 Å². The lowest BCUT2D eigenvalue weighted by Crippen LogP contribution is -2.45. The number of anilines is 1. The van der Waals surface area contributed by atoms with Crippen molar-refractivity contribution in [3.8, 4) is 0 Å². The number of nitrogens with one attached hydrogen (secondary N) is 1. The minimum atomic E-state index is -5.33. The number of benzene rings is 1. The van der Waals surface area contributed by atoms with Gasteiger partial charge in [0.25, 0.3) is 11.5 Å². The van der Waals surface area contributed by atoms with Gasteiger partial charge < -0.3 is 35.0 Å². The highest BCUT2D eigenvalue weighted by molar-refractivity contribution is 7.60. The minimum Gasteiger partial charge on any atom is -0.386 e. The number of hydrogen-bond donors (Lipinski definition) is 6. The number of fused-ring (bicyclic) bond motifs is 1. The molecular weight excluding hydrogens is 536 g/mol. The van der Waals surface area contributed by atoms with Crippen LogP contribution >= 0.6 is 15.6 Å². The van der Waals surface area contributed by atoms with Gasteiger partial charge in [-0.15, -0.1) is 0 Å². The van der Waals surface area contributed by atoms with Gasteiger partial charge in [0.2, 0.25) is 11.7 Å². The molecule has 1 unspecified atom stereocenters. The van der Waals surface area contributed by atoms with Crippen molar-refractivity contribution in [2.24, 2.45) is 13.0 Å². The molecule has 0 aliphatic carbocycles. The van der Waals surface area contributed by atoms with Crippen LogP contribution in [0, 0.1) is 5.92 Å². The van der Waals surface area contributed by atoms with Crippen LogP contribution in [0.25, 0.3) is 11.2 Å². The summed E-state index contributed by atoms with van der Waals surface area (Å²) in [5.74, 6) is -1.01. The summed E-state index contributed by atoms with van der Waals surface area (Å²) in [7, 11) is -8.93. The van der Waals surface area contributed by atoms with E-state index in [1.54, 1.807) is 7.05 Å². The Kier molecular flexibility index (Phi) is 7.97. The molecule has 5 atom stereocenters. The van der Waals surface area contributed by atoms with Gasteiger partial charge in [-0.25, -0.2) is 13.7 Å². The average molecular weight is 562 g/mol. The standard InChI is InChI=1S/C19H25N5O11P2/c1-23-10-24(16-14(23)17(26)22-19(20)21-16)18-15(25)12(8-32-7-11-5-3-2-4-6-11)13(34-18)9-33-37(30,31)35-36(27,28)29/h2-6,10,12-13,15,18,25H,7-9H2,1H3,(H5-,20,21,22,26,27,28,29,30,31)/p+1/t12-,13-,15-,18-/m1/s1. The molecule has 16 nitrogen and oxygen atoms in total. The van der Waals surface area contributed by atoms with E-state index < -0.39 is 52.2 Å².